The van der Waals surface area contributed by atoms with Gasteiger partial charge in [0.05, 0.1) is 37.2 Å². The van der Waals surface area contributed by atoms with Crippen LogP contribution in [0, 0.1) is 5.92 Å². The SMILES string of the molecule is CON1C(C)(C)CC(OC(=O)c2ccc(C3=NN(c4ccccc4)C4C(=O)N(CCO)C(=O)C34)cc2)CC1(C)C. The molecule has 2 atom stereocenters. The highest BCUT2D eigenvalue weighted by atomic mass is 16.7. The fourth-order valence-electron chi connectivity index (χ4n) is 6.57. The van der Waals surface area contributed by atoms with E-state index in [4.69, 9.17) is 14.7 Å². The van der Waals surface area contributed by atoms with E-state index in [-0.39, 0.29) is 30.3 Å². The Morgan fingerprint density at radius 3 is 2.17 bits per heavy atom. The van der Waals surface area contributed by atoms with Crippen molar-refractivity contribution in [3.63, 3.8) is 0 Å². The zero-order valence-corrected chi connectivity index (χ0v) is 23.5. The lowest BCUT2D eigenvalue weighted by Gasteiger charge is -2.52. The van der Waals surface area contributed by atoms with Crippen molar-refractivity contribution >= 4 is 29.2 Å². The van der Waals surface area contributed by atoms with E-state index in [0.717, 1.165) is 4.90 Å². The number of benzene rings is 2. The third-order valence-electron chi connectivity index (χ3n) is 7.91. The van der Waals surface area contributed by atoms with Gasteiger partial charge in [0.25, 0.3) is 5.91 Å². The highest BCUT2D eigenvalue weighted by molar-refractivity contribution is 6.25. The standard InChI is InChI=1S/C30H36N4O6/c1-29(2)17-22(18-30(3,4)34(29)39-5)40-28(38)20-13-11-19(12-14-20)24-23-25(27(37)32(15-16-35)26(23)36)33(31-24)21-9-7-6-8-10-21/h6-14,22-23,25,35H,15-18H2,1-5H3. The van der Waals surface area contributed by atoms with Crippen LogP contribution >= 0.6 is 0 Å². The maximum absolute atomic E-state index is 13.3. The van der Waals surface area contributed by atoms with Gasteiger partial charge in [0, 0.05) is 23.9 Å². The summed E-state index contributed by atoms with van der Waals surface area (Å²) < 4.78 is 5.93. The van der Waals surface area contributed by atoms with Gasteiger partial charge in [0.1, 0.15) is 18.1 Å². The van der Waals surface area contributed by atoms with Crippen LogP contribution in [0.1, 0.15) is 56.5 Å². The first-order valence-corrected chi connectivity index (χ1v) is 13.5. The lowest BCUT2D eigenvalue weighted by atomic mass is 9.80. The Bertz CT molecular complexity index is 1310. The fraction of sp³-hybridized carbons (Fsp3) is 0.467. The number of piperidine rings is 1. The van der Waals surface area contributed by atoms with Crippen LogP contribution in [-0.4, -0.2) is 82.1 Å². The van der Waals surface area contributed by atoms with Gasteiger partial charge in [-0.15, -0.1) is 0 Å². The van der Waals surface area contributed by atoms with Gasteiger partial charge in [-0.25, -0.2) is 4.79 Å². The first-order valence-electron chi connectivity index (χ1n) is 13.5. The number of amides is 2. The number of anilines is 1. The van der Waals surface area contributed by atoms with Gasteiger partial charge in [-0.2, -0.15) is 10.2 Å². The molecule has 0 saturated carbocycles. The molecule has 0 bridgehead atoms. The van der Waals surface area contributed by atoms with E-state index in [9.17, 15) is 19.5 Å². The monoisotopic (exact) mass is 548 g/mol. The molecule has 3 aliphatic rings. The molecule has 212 valence electrons. The topological polar surface area (TPSA) is 112 Å². The number of para-hydroxylation sites is 1. The third kappa shape index (κ3) is 4.80. The molecule has 3 aliphatic heterocycles. The number of hydrogen-bond acceptors (Lipinski definition) is 9. The van der Waals surface area contributed by atoms with E-state index < -0.39 is 29.7 Å². The second-order valence-electron chi connectivity index (χ2n) is 11.8. The number of nitrogens with zero attached hydrogens (tertiary/aromatic N) is 4. The normalized spacial score (nSPS) is 24.3. The summed E-state index contributed by atoms with van der Waals surface area (Å²) in [6, 6.07) is 15.2. The number of aliphatic hydroxyl groups is 1. The summed E-state index contributed by atoms with van der Waals surface area (Å²) >= 11 is 0. The maximum atomic E-state index is 13.3. The molecule has 0 spiro atoms. The number of hydroxylamine groups is 2. The number of carbonyl (C=O) groups is 3. The lowest BCUT2D eigenvalue weighted by molar-refractivity contribution is -0.276. The molecule has 0 radical (unpaired) electrons. The predicted octanol–water partition coefficient (Wildman–Crippen LogP) is 3.00. The number of esters is 1. The van der Waals surface area contributed by atoms with Crippen molar-refractivity contribution in [2.45, 2.75) is 63.8 Å². The number of ether oxygens (including phenoxy) is 1. The van der Waals surface area contributed by atoms with E-state index in [2.05, 4.69) is 27.7 Å². The molecule has 2 fully saturated rings. The average Bonchev–Trinajstić information content (AvgIpc) is 3.41. The Labute approximate surface area is 234 Å². The third-order valence-corrected chi connectivity index (χ3v) is 7.91. The molecule has 0 aromatic heterocycles. The molecular formula is C30H36N4O6. The van der Waals surface area contributed by atoms with Gasteiger partial charge in [0.2, 0.25) is 5.91 Å². The number of imide groups is 1. The Kier molecular flexibility index (Phi) is 7.28. The van der Waals surface area contributed by atoms with E-state index >= 15 is 0 Å². The van der Waals surface area contributed by atoms with Gasteiger partial charge in [-0.05, 0) is 57.5 Å². The summed E-state index contributed by atoms with van der Waals surface area (Å²) in [5.41, 5.74) is 1.52. The molecule has 2 amide bonds. The van der Waals surface area contributed by atoms with Crippen LogP contribution in [0.15, 0.2) is 59.7 Å². The first kappa shape index (κ1) is 27.9. The molecule has 1 N–H and O–H groups in total. The van der Waals surface area contributed by atoms with Crippen molar-refractivity contribution in [2.75, 3.05) is 25.3 Å². The number of β-amino-alcohol motifs (C(OH)–C–C–N with tert-alkyl or cyclic N) is 1. The van der Waals surface area contributed by atoms with Gasteiger partial charge in [0.15, 0.2) is 0 Å². The van der Waals surface area contributed by atoms with Crippen molar-refractivity contribution in [2.24, 2.45) is 11.0 Å². The van der Waals surface area contributed by atoms with Crippen molar-refractivity contribution in [1.29, 1.82) is 0 Å². The molecular weight excluding hydrogens is 512 g/mol. The number of fused-ring (bicyclic) bond motifs is 1. The van der Waals surface area contributed by atoms with Crippen LogP contribution in [0.3, 0.4) is 0 Å². The van der Waals surface area contributed by atoms with Gasteiger partial charge < -0.3 is 14.7 Å². The van der Waals surface area contributed by atoms with E-state index in [1.807, 2.05) is 35.4 Å². The quantitative estimate of drug-likeness (QED) is 0.415. The number of aliphatic hydroxyl groups excluding tert-OH is 1. The van der Waals surface area contributed by atoms with E-state index in [1.54, 1.807) is 36.4 Å². The Hall–Kier alpha value is -3.60. The number of rotatable bonds is 7. The molecule has 0 aliphatic carbocycles. The zero-order valence-electron chi connectivity index (χ0n) is 23.5. The smallest absolute Gasteiger partial charge is 0.338 e. The fourth-order valence-corrected chi connectivity index (χ4v) is 6.57. The number of hydrazone groups is 1. The molecule has 3 heterocycles. The molecule has 40 heavy (non-hydrogen) atoms. The van der Waals surface area contributed by atoms with Crippen LogP contribution in [0.5, 0.6) is 0 Å². The minimum atomic E-state index is -0.828. The largest absolute Gasteiger partial charge is 0.459 e. The number of carbonyl (C=O) groups excluding carboxylic acids is 3. The molecule has 10 nitrogen and oxygen atoms in total. The second kappa shape index (κ2) is 10.4. The minimum Gasteiger partial charge on any atom is -0.459 e. The highest BCUT2D eigenvalue weighted by Gasteiger charge is 2.56. The van der Waals surface area contributed by atoms with Gasteiger partial charge in [-0.1, -0.05) is 30.3 Å². The van der Waals surface area contributed by atoms with Crippen LogP contribution in [0.25, 0.3) is 0 Å². The van der Waals surface area contributed by atoms with Crippen LogP contribution in [0.2, 0.25) is 0 Å². The van der Waals surface area contributed by atoms with Crippen LogP contribution < -0.4 is 5.01 Å². The van der Waals surface area contributed by atoms with Gasteiger partial charge >= 0.3 is 5.97 Å². The summed E-state index contributed by atoms with van der Waals surface area (Å²) in [6.07, 6.45) is 0.982. The summed E-state index contributed by atoms with van der Waals surface area (Å²) in [6.45, 7) is 7.89. The van der Waals surface area contributed by atoms with E-state index in [0.29, 0.717) is 35.4 Å². The van der Waals surface area contributed by atoms with Crippen LogP contribution in [0.4, 0.5) is 5.69 Å². The number of hydrogen-bond donors (Lipinski definition) is 1. The Morgan fingerprint density at radius 2 is 1.60 bits per heavy atom. The lowest BCUT2D eigenvalue weighted by Crippen LogP contribution is -2.61. The Balaban J connectivity index is 1.38. The molecule has 2 saturated heterocycles. The minimum absolute atomic E-state index is 0.0672. The van der Waals surface area contributed by atoms with Crippen molar-refractivity contribution in [3.05, 3.63) is 65.7 Å². The van der Waals surface area contributed by atoms with Gasteiger partial charge in [-0.3, -0.25) is 19.5 Å². The maximum Gasteiger partial charge on any atom is 0.338 e. The molecule has 5 rings (SSSR count). The summed E-state index contributed by atoms with van der Waals surface area (Å²) in [5, 5.41) is 17.7. The second-order valence-corrected chi connectivity index (χ2v) is 11.8. The summed E-state index contributed by atoms with van der Waals surface area (Å²) in [7, 11) is 1.66. The zero-order chi connectivity index (χ0) is 28.8. The van der Waals surface area contributed by atoms with E-state index in [1.165, 1.54) is 0 Å². The van der Waals surface area contributed by atoms with Crippen molar-refractivity contribution < 1.29 is 29.1 Å². The summed E-state index contributed by atoms with van der Waals surface area (Å²) in [5.74, 6) is -2.02. The number of likely N-dealkylation sites (tertiary alicyclic amines) is 1. The molecule has 2 aromatic rings. The van der Waals surface area contributed by atoms with Crippen molar-refractivity contribution in [3.8, 4) is 0 Å². The van der Waals surface area contributed by atoms with Crippen LogP contribution in [-0.2, 0) is 19.2 Å². The molecule has 2 unspecified atom stereocenters. The first-order chi connectivity index (χ1) is 19.0. The van der Waals surface area contributed by atoms with Crippen molar-refractivity contribution in [1.82, 2.24) is 9.96 Å². The highest BCUT2D eigenvalue weighted by Crippen LogP contribution is 2.40. The average molecular weight is 549 g/mol. The predicted molar refractivity (Wildman–Crippen MR) is 148 cm³/mol. The summed E-state index contributed by atoms with van der Waals surface area (Å²) in [4.78, 5) is 46.4. The molecule has 10 heteroatoms. The Morgan fingerprint density at radius 1 is 0.975 bits per heavy atom. The molecule has 2 aromatic carbocycles.